The molecule has 3 aliphatic heterocycles. The summed E-state index contributed by atoms with van der Waals surface area (Å²) in [5.74, 6) is 3.83. The average Bonchev–Trinajstić information content (AvgIpc) is 3.57. The predicted octanol–water partition coefficient (Wildman–Crippen LogP) is 5.94. The van der Waals surface area contributed by atoms with Crippen molar-refractivity contribution in [3.05, 3.63) is 76.3 Å². The van der Waals surface area contributed by atoms with E-state index >= 15 is 0 Å². The molecule has 3 fully saturated rings. The molecule has 0 spiro atoms. The molecule has 2 atom stereocenters. The minimum atomic E-state index is 0.574. The second-order valence-electron chi connectivity index (χ2n) is 11.9. The van der Waals surface area contributed by atoms with Gasteiger partial charge in [-0.3, -0.25) is 4.90 Å². The normalized spacial score (nSPS) is 23.3. The molecular weight excluding hydrogens is 470 g/mol. The first-order valence-electron chi connectivity index (χ1n) is 14.5. The molecule has 1 saturated carbocycles. The fourth-order valence-electron chi connectivity index (χ4n) is 6.95. The molecule has 38 heavy (non-hydrogen) atoms. The average molecular weight is 510 g/mol. The molecule has 198 valence electrons. The zero-order valence-electron chi connectivity index (χ0n) is 22.8. The van der Waals surface area contributed by atoms with Crippen LogP contribution in [0.25, 0.3) is 11.3 Å². The van der Waals surface area contributed by atoms with Gasteiger partial charge in [0.25, 0.3) is 0 Å². The number of nitrogens with zero attached hydrogens (tertiary/aromatic N) is 3. The van der Waals surface area contributed by atoms with Crippen LogP contribution in [-0.4, -0.2) is 48.8 Å². The van der Waals surface area contributed by atoms with Gasteiger partial charge in [-0.2, -0.15) is 0 Å². The van der Waals surface area contributed by atoms with E-state index in [0.29, 0.717) is 12.6 Å². The van der Waals surface area contributed by atoms with E-state index in [9.17, 15) is 0 Å². The van der Waals surface area contributed by atoms with E-state index in [0.717, 1.165) is 98.9 Å². The van der Waals surface area contributed by atoms with Crippen molar-refractivity contribution in [2.24, 2.45) is 11.8 Å². The largest absolute Gasteiger partial charge is 0.488 e. The number of ether oxygens (including phenoxy) is 2. The van der Waals surface area contributed by atoms with Gasteiger partial charge in [-0.25, -0.2) is 4.98 Å². The van der Waals surface area contributed by atoms with Crippen LogP contribution >= 0.6 is 0 Å². The van der Waals surface area contributed by atoms with E-state index in [1.54, 1.807) is 0 Å². The van der Waals surface area contributed by atoms with Gasteiger partial charge < -0.3 is 14.4 Å². The summed E-state index contributed by atoms with van der Waals surface area (Å²) in [4.78, 5) is 10.2. The van der Waals surface area contributed by atoms with Crippen molar-refractivity contribution >= 4 is 5.82 Å². The zero-order chi connectivity index (χ0) is 25.6. The van der Waals surface area contributed by atoms with Gasteiger partial charge >= 0.3 is 0 Å². The third-order valence-electron chi connectivity index (χ3n) is 9.27. The van der Waals surface area contributed by atoms with Crippen LogP contribution in [0.2, 0.25) is 0 Å². The molecule has 1 aliphatic carbocycles. The van der Waals surface area contributed by atoms with Crippen LogP contribution in [0, 0.1) is 25.7 Å². The lowest BCUT2D eigenvalue weighted by atomic mass is 9.91. The van der Waals surface area contributed by atoms with Crippen LogP contribution in [0.3, 0.4) is 0 Å². The van der Waals surface area contributed by atoms with Gasteiger partial charge in [-0.1, -0.05) is 30.3 Å². The summed E-state index contributed by atoms with van der Waals surface area (Å²) in [7, 11) is 0. The van der Waals surface area contributed by atoms with Crippen molar-refractivity contribution in [3.63, 3.8) is 0 Å². The van der Waals surface area contributed by atoms with Gasteiger partial charge in [-0.05, 0) is 97.4 Å². The summed E-state index contributed by atoms with van der Waals surface area (Å²) in [6, 6.07) is 18.2. The third-order valence-corrected chi connectivity index (χ3v) is 9.27. The van der Waals surface area contributed by atoms with E-state index in [1.807, 2.05) is 0 Å². The van der Waals surface area contributed by atoms with Crippen molar-refractivity contribution in [1.82, 2.24) is 9.88 Å². The van der Waals surface area contributed by atoms with Crippen molar-refractivity contribution in [1.29, 1.82) is 0 Å². The maximum atomic E-state index is 6.58. The predicted molar refractivity (Wildman–Crippen MR) is 152 cm³/mol. The van der Waals surface area contributed by atoms with E-state index in [-0.39, 0.29) is 0 Å². The van der Waals surface area contributed by atoms with E-state index in [2.05, 4.69) is 72.2 Å². The fourth-order valence-corrected chi connectivity index (χ4v) is 6.95. The van der Waals surface area contributed by atoms with Crippen molar-refractivity contribution in [2.75, 3.05) is 37.7 Å². The van der Waals surface area contributed by atoms with Crippen LogP contribution in [0.4, 0.5) is 5.82 Å². The molecule has 0 radical (unpaired) electrons. The molecule has 4 aliphatic rings. The quantitative estimate of drug-likeness (QED) is 0.411. The molecule has 3 aromatic rings. The SMILES string of the molecule is Cc1cc(COc2c(C)cccc2-c2cccc(N3CC4CC4C3)n2)cc2c1CN(C1CCOCC1)CC2. The molecule has 2 unspecified atom stereocenters. The van der Waals surface area contributed by atoms with Crippen LogP contribution < -0.4 is 9.64 Å². The number of hydrogen-bond donors (Lipinski definition) is 0. The number of anilines is 1. The summed E-state index contributed by atoms with van der Waals surface area (Å²) in [6.45, 7) is 11.3. The third kappa shape index (κ3) is 4.71. The Morgan fingerprint density at radius 3 is 2.63 bits per heavy atom. The van der Waals surface area contributed by atoms with E-state index < -0.39 is 0 Å². The molecule has 0 bridgehead atoms. The minimum Gasteiger partial charge on any atom is -0.488 e. The van der Waals surface area contributed by atoms with Crippen molar-refractivity contribution in [2.45, 2.75) is 58.7 Å². The monoisotopic (exact) mass is 509 g/mol. The Bertz CT molecular complexity index is 1320. The highest BCUT2D eigenvalue weighted by Crippen LogP contribution is 2.46. The molecule has 4 heterocycles. The maximum absolute atomic E-state index is 6.58. The Morgan fingerprint density at radius 1 is 0.974 bits per heavy atom. The fraction of sp³-hybridized carbons (Fsp3) is 0.485. The molecule has 7 rings (SSSR count). The Hall–Kier alpha value is -2.89. The first-order chi connectivity index (χ1) is 18.6. The molecule has 0 N–H and O–H groups in total. The lowest BCUT2D eigenvalue weighted by Gasteiger charge is -2.38. The number of para-hydroxylation sites is 1. The number of hydrogen-bond acceptors (Lipinski definition) is 5. The van der Waals surface area contributed by atoms with Gasteiger partial charge in [0, 0.05) is 51.0 Å². The first-order valence-corrected chi connectivity index (χ1v) is 14.5. The Kier molecular flexibility index (Phi) is 6.37. The Labute approximate surface area is 226 Å². The van der Waals surface area contributed by atoms with E-state index in [4.69, 9.17) is 14.5 Å². The zero-order valence-corrected chi connectivity index (χ0v) is 22.8. The summed E-state index contributed by atoms with van der Waals surface area (Å²) < 4.78 is 12.2. The number of benzene rings is 2. The molecule has 5 heteroatoms. The molecule has 2 aromatic carbocycles. The van der Waals surface area contributed by atoms with Crippen molar-refractivity contribution in [3.8, 4) is 17.0 Å². The Balaban J connectivity index is 1.09. The van der Waals surface area contributed by atoms with Gasteiger partial charge in [-0.15, -0.1) is 0 Å². The summed E-state index contributed by atoms with van der Waals surface area (Å²) in [6.07, 6.45) is 4.85. The van der Waals surface area contributed by atoms with Crippen LogP contribution in [0.5, 0.6) is 5.75 Å². The van der Waals surface area contributed by atoms with Crippen molar-refractivity contribution < 1.29 is 9.47 Å². The number of rotatable bonds is 6. The maximum Gasteiger partial charge on any atom is 0.132 e. The van der Waals surface area contributed by atoms with Crippen LogP contribution in [0.15, 0.2) is 48.5 Å². The number of aryl methyl sites for hydroxylation is 2. The van der Waals surface area contributed by atoms with E-state index in [1.165, 1.54) is 28.7 Å². The number of aromatic nitrogens is 1. The van der Waals surface area contributed by atoms with Gasteiger partial charge in [0.2, 0.25) is 0 Å². The highest BCUT2D eigenvalue weighted by atomic mass is 16.5. The van der Waals surface area contributed by atoms with Gasteiger partial charge in [0.05, 0.1) is 5.69 Å². The van der Waals surface area contributed by atoms with Gasteiger partial charge in [0.15, 0.2) is 0 Å². The molecule has 2 saturated heterocycles. The lowest BCUT2D eigenvalue weighted by Crippen LogP contribution is -2.42. The number of fused-ring (bicyclic) bond motifs is 2. The molecular formula is C33H39N3O2. The smallest absolute Gasteiger partial charge is 0.132 e. The second-order valence-corrected chi connectivity index (χ2v) is 11.9. The summed E-state index contributed by atoms with van der Waals surface area (Å²) >= 11 is 0. The topological polar surface area (TPSA) is 37.8 Å². The molecule has 0 amide bonds. The highest BCUT2D eigenvalue weighted by molar-refractivity contribution is 5.70. The van der Waals surface area contributed by atoms with Crippen LogP contribution in [0.1, 0.15) is 47.1 Å². The lowest BCUT2D eigenvalue weighted by molar-refractivity contribution is 0.0289. The second kappa shape index (κ2) is 10.0. The highest BCUT2D eigenvalue weighted by Gasteiger charge is 2.45. The molecule has 5 nitrogen and oxygen atoms in total. The van der Waals surface area contributed by atoms with Gasteiger partial charge in [0.1, 0.15) is 18.2 Å². The summed E-state index contributed by atoms with van der Waals surface area (Å²) in [5, 5.41) is 0. The van der Waals surface area contributed by atoms with Crippen LogP contribution in [-0.2, 0) is 24.3 Å². The summed E-state index contributed by atoms with van der Waals surface area (Å²) in [5.41, 5.74) is 8.89. The molecule has 1 aromatic heterocycles. The first kappa shape index (κ1) is 24.2. The minimum absolute atomic E-state index is 0.574. The number of pyridine rings is 1. The standard InChI is InChI=1S/C33H39N3O2/c1-22-5-3-6-29(31-7-4-8-32(34-31)36-18-26-17-27(26)19-36)33(22)38-21-24-15-23(2)30-20-35(12-9-25(30)16-24)28-10-13-37-14-11-28/h3-8,15-16,26-28H,9-14,17-21H2,1-2H3. The Morgan fingerprint density at radius 2 is 1.79 bits per heavy atom. The number of piperidine rings is 1.